The molecule has 88 valence electrons. The molecule has 1 rings (SSSR count). The van der Waals surface area contributed by atoms with Crippen molar-refractivity contribution in [3.8, 4) is 0 Å². The average Bonchev–Trinajstić information content (AvgIpc) is 2.28. The Morgan fingerprint density at radius 3 is 2.75 bits per heavy atom. The molecule has 1 amide bonds. The summed E-state index contributed by atoms with van der Waals surface area (Å²) in [6, 6.07) is 5.98. The Hall–Kier alpha value is -1.02. The largest absolute Gasteiger partial charge is 0.355 e. The fourth-order valence-corrected chi connectivity index (χ4v) is 1.82. The molecule has 0 spiro atoms. The zero-order valence-corrected chi connectivity index (χ0v) is 10.8. The van der Waals surface area contributed by atoms with E-state index in [1.54, 1.807) is 0 Å². The van der Waals surface area contributed by atoms with Gasteiger partial charge in [-0.15, -0.1) is 11.6 Å². The summed E-state index contributed by atoms with van der Waals surface area (Å²) in [5.74, 6) is -0.114. The van der Waals surface area contributed by atoms with E-state index in [1.165, 1.54) is 0 Å². The SMILES string of the molecule is CCCNC(=O)C(Cl)c1cc(C)ccc1C. The molecular formula is C13H18ClNO. The van der Waals surface area contributed by atoms with E-state index in [4.69, 9.17) is 11.6 Å². The van der Waals surface area contributed by atoms with E-state index in [0.29, 0.717) is 6.54 Å². The van der Waals surface area contributed by atoms with Crippen LogP contribution in [0.4, 0.5) is 0 Å². The molecule has 1 N–H and O–H groups in total. The molecule has 0 aliphatic heterocycles. The standard InChI is InChI=1S/C13H18ClNO/c1-4-7-15-13(16)12(14)11-8-9(2)5-6-10(11)3/h5-6,8,12H,4,7H2,1-3H3,(H,15,16). The second kappa shape index (κ2) is 5.90. The topological polar surface area (TPSA) is 29.1 Å². The van der Waals surface area contributed by atoms with Crippen LogP contribution in [0.15, 0.2) is 18.2 Å². The smallest absolute Gasteiger partial charge is 0.242 e. The van der Waals surface area contributed by atoms with Crippen LogP contribution >= 0.6 is 11.6 Å². The van der Waals surface area contributed by atoms with Crippen molar-refractivity contribution in [1.82, 2.24) is 5.32 Å². The summed E-state index contributed by atoms with van der Waals surface area (Å²) in [4.78, 5) is 11.7. The predicted octanol–water partition coefficient (Wildman–Crippen LogP) is 3.11. The Kier molecular flexibility index (Phi) is 4.81. The molecule has 0 aliphatic carbocycles. The van der Waals surface area contributed by atoms with Crippen molar-refractivity contribution < 1.29 is 4.79 Å². The van der Waals surface area contributed by atoms with E-state index >= 15 is 0 Å². The number of alkyl halides is 1. The second-order valence-corrected chi connectivity index (χ2v) is 4.45. The summed E-state index contributed by atoms with van der Waals surface area (Å²) in [6.45, 7) is 6.65. The molecule has 3 heteroatoms. The maximum absolute atomic E-state index is 11.7. The molecule has 1 unspecified atom stereocenters. The van der Waals surface area contributed by atoms with Gasteiger partial charge in [0.05, 0.1) is 0 Å². The van der Waals surface area contributed by atoms with Crippen molar-refractivity contribution in [2.45, 2.75) is 32.6 Å². The average molecular weight is 240 g/mol. The van der Waals surface area contributed by atoms with Crippen LogP contribution in [-0.4, -0.2) is 12.5 Å². The molecule has 0 heterocycles. The molecule has 0 aromatic heterocycles. The lowest BCUT2D eigenvalue weighted by molar-refractivity contribution is -0.120. The van der Waals surface area contributed by atoms with Crippen LogP contribution in [-0.2, 0) is 4.79 Å². The maximum Gasteiger partial charge on any atom is 0.242 e. The quantitative estimate of drug-likeness (QED) is 0.804. The van der Waals surface area contributed by atoms with Gasteiger partial charge in [0, 0.05) is 6.54 Å². The second-order valence-electron chi connectivity index (χ2n) is 4.01. The number of aryl methyl sites for hydroxylation is 2. The highest BCUT2D eigenvalue weighted by atomic mass is 35.5. The summed E-state index contributed by atoms with van der Waals surface area (Å²) in [7, 11) is 0. The minimum atomic E-state index is -0.591. The summed E-state index contributed by atoms with van der Waals surface area (Å²) in [5.41, 5.74) is 3.07. The van der Waals surface area contributed by atoms with Gasteiger partial charge in [-0.25, -0.2) is 0 Å². The molecule has 0 radical (unpaired) electrons. The van der Waals surface area contributed by atoms with Gasteiger partial charge in [0.15, 0.2) is 0 Å². The first-order valence-electron chi connectivity index (χ1n) is 5.55. The minimum Gasteiger partial charge on any atom is -0.355 e. The highest BCUT2D eigenvalue weighted by Crippen LogP contribution is 2.24. The third kappa shape index (κ3) is 3.24. The van der Waals surface area contributed by atoms with Gasteiger partial charge in [0.1, 0.15) is 5.38 Å². The zero-order valence-electron chi connectivity index (χ0n) is 10.0. The number of carbonyl (C=O) groups is 1. The Morgan fingerprint density at radius 2 is 2.12 bits per heavy atom. The van der Waals surface area contributed by atoms with Crippen LogP contribution in [0.1, 0.15) is 35.4 Å². The summed E-state index contributed by atoms with van der Waals surface area (Å²) < 4.78 is 0. The van der Waals surface area contributed by atoms with E-state index in [1.807, 2.05) is 39.0 Å². The lowest BCUT2D eigenvalue weighted by Gasteiger charge is -2.13. The van der Waals surface area contributed by atoms with E-state index in [2.05, 4.69) is 5.32 Å². The Labute approximate surface area is 102 Å². The Bertz CT molecular complexity index is 376. The lowest BCUT2D eigenvalue weighted by atomic mass is 10.0. The Balaban J connectivity index is 2.82. The van der Waals surface area contributed by atoms with Crippen LogP contribution in [0.5, 0.6) is 0 Å². The van der Waals surface area contributed by atoms with Crippen LogP contribution < -0.4 is 5.32 Å². The van der Waals surface area contributed by atoms with Gasteiger partial charge in [-0.05, 0) is 31.4 Å². The number of hydrogen-bond acceptors (Lipinski definition) is 1. The van der Waals surface area contributed by atoms with Crippen molar-refractivity contribution in [3.63, 3.8) is 0 Å². The monoisotopic (exact) mass is 239 g/mol. The Morgan fingerprint density at radius 1 is 1.44 bits per heavy atom. The molecule has 0 bridgehead atoms. The highest BCUT2D eigenvalue weighted by Gasteiger charge is 2.18. The predicted molar refractivity (Wildman–Crippen MR) is 67.8 cm³/mol. The molecule has 1 aromatic rings. The number of halogens is 1. The van der Waals surface area contributed by atoms with Crippen LogP contribution in [0.2, 0.25) is 0 Å². The molecule has 0 fully saturated rings. The number of hydrogen-bond donors (Lipinski definition) is 1. The molecule has 1 atom stereocenters. The molecular weight excluding hydrogens is 222 g/mol. The molecule has 0 saturated carbocycles. The van der Waals surface area contributed by atoms with E-state index in [0.717, 1.165) is 23.1 Å². The van der Waals surface area contributed by atoms with Crippen molar-refractivity contribution >= 4 is 17.5 Å². The van der Waals surface area contributed by atoms with Gasteiger partial charge in [-0.2, -0.15) is 0 Å². The van der Waals surface area contributed by atoms with Crippen molar-refractivity contribution in [2.24, 2.45) is 0 Å². The van der Waals surface area contributed by atoms with Gasteiger partial charge in [-0.3, -0.25) is 4.79 Å². The molecule has 0 aliphatic rings. The fourth-order valence-electron chi connectivity index (χ4n) is 1.51. The van der Waals surface area contributed by atoms with Crippen LogP contribution in [0, 0.1) is 13.8 Å². The van der Waals surface area contributed by atoms with Crippen LogP contribution in [0.25, 0.3) is 0 Å². The first-order valence-corrected chi connectivity index (χ1v) is 5.98. The molecule has 0 saturated heterocycles. The van der Waals surface area contributed by atoms with Gasteiger partial charge in [0.25, 0.3) is 0 Å². The van der Waals surface area contributed by atoms with Gasteiger partial charge in [-0.1, -0.05) is 30.7 Å². The van der Waals surface area contributed by atoms with E-state index in [-0.39, 0.29) is 5.91 Å². The number of benzene rings is 1. The van der Waals surface area contributed by atoms with Crippen LogP contribution in [0.3, 0.4) is 0 Å². The first-order chi connectivity index (χ1) is 7.56. The van der Waals surface area contributed by atoms with Gasteiger partial charge < -0.3 is 5.32 Å². The molecule has 2 nitrogen and oxygen atoms in total. The number of carbonyl (C=O) groups excluding carboxylic acids is 1. The maximum atomic E-state index is 11.7. The number of nitrogens with one attached hydrogen (secondary N) is 1. The summed E-state index contributed by atoms with van der Waals surface area (Å²) in [5, 5.41) is 2.22. The highest BCUT2D eigenvalue weighted by molar-refractivity contribution is 6.30. The lowest BCUT2D eigenvalue weighted by Crippen LogP contribution is -2.27. The van der Waals surface area contributed by atoms with E-state index < -0.39 is 5.38 Å². The van der Waals surface area contributed by atoms with Crippen molar-refractivity contribution in [1.29, 1.82) is 0 Å². The van der Waals surface area contributed by atoms with Gasteiger partial charge in [0.2, 0.25) is 5.91 Å². The third-order valence-electron chi connectivity index (χ3n) is 2.49. The molecule has 1 aromatic carbocycles. The zero-order chi connectivity index (χ0) is 12.1. The van der Waals surface area contributed by atoms with Crippen molar-refractivity contribution in [3.05, 3.63) is 34.9 Å². The van der Waals surface area contributed by atoms with Gasteiger partial charge >= 0.3 is 0 Å². The van der Waals surface area contributed by atoms with Crippen molar-refractivity contribution in [2.75, 3.05) is 6.54 Å². The first kappa shape index (κ1) is 13.0. The third-order valence-corrected chi connectivity index (χ3v) is 2.92. The van der Waals surface area contributed by atoms with E-state index in [9.17, 15) is 4.79 Å². The summed E-state index contributed by atoms with van der Waals surface area (Å²) in [6.07, 6.45) is 0.919. The number of amides is 1. The minimum absolute atomic E-state index is 0.114. The normalized spacial score (nSPS) is 12.2. The number of rotatable bonds is 4. The fraction of sp³-hybridized carbons (Fsp3) is 0.462. The summed E-state index contributed by atoms with van der Waals surface area (Å²) >= 11 is 6.16. The molecule has 16 heavy (non-hydrogen) atoms.